The van der Waals surface area contributed by atoms with Gasteiger partial charge in [0.25, 0.3) is 5.91 Å². The van der Waals surface area contributed by atoms with Crippen LogP contribution in [0.2, 0.25) is 0 Å². The average molecular weight is 408 g/mol. The van der Waals surface area contributed by atoms with E-state index >= 15 is 0 Å². The molecule has 3 rings (SSSR count). The molecule has 7 heteroatoms. The fourth-order valence-electron chi connectivity index (χ4n) is 4.71. The third-order valence-electron chi connectivity index (χ3n) is 6.28. The molecule has 1 atom stereocenters. The van der Waals surface area contributed by atoms with Crippen molar-refractivity contribution in [3.63, 3.8) is 0 Å². The topological polar surface area (TPSA) is 43.9 Å². The Balaban J connectivity index is 1.69. The zero-order valence-corrected chi connectivity index (χ0v) is 17.4. The first-order chi connectivity index (χ1) is 13.9. The number of carbonyl (C=O) groups excluding carboxylic acids is 2. The lowest BCUT2D eigenvalue weighted by Crippen LogP contribution is -2.58. The second-order valence-corrected chi connectivity index (χ2v) is 7.99. The van der Waals surface area contributed by atoms with Gasteiger partial charge in [0.1, 0.15) is 11.6 Å². The van der Waals surface area contributed by atoms with Gasteiger partial charge in [-0.15, -0.1) is 0 Å². The van der Waals surface area contributed by atoms with Gasteiger partial charge in [-0.2, -0.15) is 0 Å². The van der Waals surface area contributed by atoms with Crippen LogP contribution in [0.25, 0.3) is 0 Å². The average Bonchev–Trinajstić information content (AvgIpc) is 3.22. The zero-order valence-electron chi connectivity index (χ0n) is 17.4. The van der Waals surface area contributed by atoms with E-state index in [2.05, 4.69) is 4.90 Å². The van der Waals surface area contributed by atoms with Crippen molar-refractivity contribution >= 4 is 11.8 Å². The van der Waals surface area contributed by atoms with Crippen molar-refractivity contribution in [2.45, 2.75) is 45.6 Å². The van der Waals surface area contributed by atoms with Crippen molar-refractivity contribution in [2.75, 3.05) is 39.3 Å². The number of benzene rings is 1. The molecule has 1 unspecified atom stereocenters. The van der Waals surface area contributed by atoms with Crippen LogP contribution in [-0.2, 0) is 4.79 Å². The van der Waals surface area contributed by atoms with E-state index in [0.717, 1.165) is 43.9 Å². The van der Waals surface area contributed by atoms with Crippen LogP contribution in [0.4, 0.5) is 8.78 Å². The summed E-state index contributed by atoms with van der Waals surface area (Å²) in [5, 5.41) is 0. The molecule has 2 amide bonds. The molecule has 1 saturated heterocycles. The van der Waals surface area contributed by atoms with Crippen LogP contribution in [-0.4, -0.2) is 71.8 Å². The molecule has 2 fully saturated rings. The van der Waals surface area contributed by atoms with E-state index in [-0.39, 0.29) is 23.4 Å². The van der Waals surface area contributed by atoms with Crippen LogP contribution in [0.5, 0.6) is 0 Å². The van der Waals surface area contributed by atoms with Crippen LogP contribution in [0.3, 0.4) is 0 Å². The summed E-state index contributed by atoms with van der Waals surface area (Å²) in [7, 11) is 0. The summed E-state index contributed by atoms with van der Waals surface area (Å²) in [6, 6.07) is 2.77. The van der Waals surface area contributed by atoms with Gasteiger partial charge in [0.05, 0.1) is 6.04 Å². The summed E-state index contributed by atoms with van der Waals surface area (Å²) >= 11 is 0. The number of carbonyl (C=O) groups is 2. The van der Waals surface area contributed by atoms with Crippen molar-refractivity contribution < 1.29 is 18.4 Å². The Hall–Kier alpha value is -2.02. The smallest absolute Gasteiger partial charge is 0.254 e. The molecule has 5 nitrogen and oxygen atoms in total. The fraction of sp³-hybridized carbons (Fsp3) is 0.636. The largest absolute Gasteiger partial charge is 0.342 e. The third-order valence-corrected chi connectivity index (χ3v) is 6.28. The predicted octanol–water partition coefficient (Wildman–Crippen LogP) is 3.15. The van der Waals surface area contributed by atoms with E-state index in [1.807, 2.05) is 18.7 Å². The van der Waals surface area contributed by atoms with E-state index in [4.69, 9.17) is 0 Å². The van der Waals surface area contributed by atoms with Crippen LogP contribution >= 0.6 is 0 Å². The Morgan fingerprint density at radius 2 is 1.55 bits per heavy atom. The van der Waals surface area contributed by atoms with Crippen LogP contribution < -0.4 is 0 Å². The minimum Gasteiger partial charge on any atom is -0.342 e. The van der Waals surface area contributed by atoms with Crippen molar-refractivity contribution in [2.24, 2.45) is 5.92 Å². The summed E-state index contributed by atoms with van der Waals surface area (Å²) in [6.07, 6.45) is 4.46. The van der Waals surface area contributed by atoms with Crippen LogP contribution in [0.15, 0.2) is 18.2 Å². The van der Waals surface area contributed by atoms with Crippen LogP contribution in [0, 0.1) is 17.6 Å². The van der Waals surface area contributed by atoms with Gasteiger partial charge in [0.2, 0.25) is 5.91 Å². The number of hydrogen-bond donors (Lipinski definition) is 0. The number of amides is 2. The second-order valence-electron chi connectivity index (χ2n) is 7.99. The van der Waals surface area contributed by atoms with E-state index in [1.165, 1.54) is 0 Å². The monoisotopic (exact) mass is 407 g/mol. The highest BCUT2D eigenvalue weighted by Gasteiger charge is 2.38. The molecule has 0 bridgehead atoms. The molecule has 1 aromatic carbocycles. The Morgan fingerprint density at radius 3 is 2.07 bits per heavy atom. The van der Waals surface area contributed by atoms with Crippen molar-refractivity contribution in [1.29, 1.82) is 0 Å². The minimum absolute atomic E-state index is 0.0301. The molecule has 2 aliphatic rings. The molecule has 1 heterocycles. The van der Waals surface area contributed by atoms with Crippen molar-refractivity contribution in [3.8, 4) is 0 Å². The molecule has 1 aliphatic carbocycles. The van der Waals surface area contributed by atoms with Gasteiger partial charge < -0.3 is 9.80 Å². The highest BCUT2D eigenvalue weighted by molar-refractivity contribution is 5.94. The Bertz CT molecular complexity index is 705. The maximum Gasteiger partial charge on any atom is 0.254 e. The molecule has 1 saturated carbocycles. The Kier molecular flexibility index (Phi) is 7.22. The number of piperazine rings is 1. The lowest BCUT2D eigenvalue weighted by Gasteiger charge is -2.42. The normalized spacial score (nSPS) is 19.4. The molecule has 1 aromatic rings. The molecule has 1 aliphatic heterocycles. The molecule has 0 spiro atoms. The SMILES string of the molecule is CCN(CC)C(=O)C(C1CCCC1)N1CCN(C(=O)c2cc(F)cc(F)c2)CC1. The molecule has 0 N–H and O–H groups in total. The number of likely N-dealkylation sites (N-methyl/N-ethyl adjacent to an activating group) is 1. The molecular formula is C22H31F2N3O2. The number of nitrogens with zero attached hydrogens (tertiary/aromatic N) is 3. The first kappa shape index (κ1) is 21.7. The zero-order chi connectivity index (χ0) is 21.0. The van der Waals surface area contributed by atoms with E-state index < -0.39 is 11.6 Å². The summed E-state index contributed by atoms with van der Waals surface area (Å²) in [6.45, 7) is 7.49. The predicted molar refractivity (Wildman–Crippen MR) is 108 cm³/mol. The summed E-state index contributed by atoms with van der Waals surface area (Å²) in [5.41, 5.74) is 0.0301. The van der Waals surface area contributed by atoms with Gasteiger partial charge in [0.15, 0.2) is 0 Å². The second kappa shape index (κ2) is 9.65. The maximum absolute atomic E-state index is 13.5. The molecular weight excluding hydrogens is 376 g/mol. The number of hydrogen-bond acceptors (Lipinski definition) is 3. The molecule has 0 aromatic heterocycles. The quantitative estimate of drug-likeness (QED) is 0.728. The van der Waals surface area contributed by atoms with Crippen LogP contribution in [0.1, 0.15) is 49.9 Å². The molecule has 0 radical (unpaired) electrons. The van der Waals surface area contributed by atoms with Crippen molar-refractivity contribution in [3.05, 3.63) is 35.4 Å². The fourth-order valence-corrected chi connectivity index (χ4v) is 4.71. The summed E-state index contributed by atoms with van der Waals surface area (Å²) < 4.78 is 26.9. The third kappa shape index (κ3) is 4.94. The van der Waals surface area contributed by atoms with E-state index in [9.17, 15) is 18.4 Å². The number of halogens is 2. The van der Waals surface area contributed by atoms with E-state index in [0.29, 0.717) is 45.2 Å². The molecule has 160 valence electrons. The lowest BCUT2D eigenvalue weighted by molar-refractivity contribution is -0.139. The lowest BCUT2D eigenvalue weighted by atomic mass is 9.94. The Morgan fingerprint density at radius 1 is 1.00 bits per heavy atom. The minimum atomic E-state index is -0.752. The highest BCUT2D eigenvalue weighted by Crippen LogP contribution is 2.32. The number of rotatable bonds is 6. The summed E-state index contributed by atoms with van der Waals surface area (Å²) in [5.74, 6) is -1.32. The standard InChI is InChI=1S/C22H31F2N3O2/c1-3-25(4-2)22(29)20(16-7-5-6-8-16)26-9-11-27(12-10-26)21(28)17-13-18(23)15-19(24)14-17/h13-16,20H,3-12H2,1-2H3. The van der Waals surface area contributed by atoms with Gasteiger partial charge in [-0.25, -0.2) is 8.78 Å². The first-order valence-electron chi connectivity index (χ1n) is 10.7. The van der Waals surface area contributed by atoms with Gasteiger partial charge in [-0.1, -0.05) is 12.8 Å². The Labute approximate surface area is 171 Å². The summed E-state index contributed by atoms with van der Waals surface area (Å²) in [4.78, 5) is 31.6. The van der Waals surface area contributed by atoms with E-state index in [1.54, 1.807) is 4.90 Å². The van der Waals surface area contributed by atoms with Crippen molar-refractivity contribution in [1.82, 2.24) is 14.7 Å². The van der Waals surface area contributed by atoms with Gasteiger partial charge in [-0.05, 0) is 44.7 Å². The van der Waals surface area contributed by atoms with Gasteiger partial charge >= 0.3 is 0 Å². The van der Waals surface area contributed by atoms with Gasteiger partial charge in [0, 0.05) is 50.9 Å². The van der Waals surface area contributed by atoms with Gasteiger partial charge in [-0.3, -0.25) is 14.5 Å². The maximum atomic E-state index is 13.5. The molecule has 29 heavy (non-hydrogen) atoms. The highest BCUT2D eigenvalue weighted by atomic mass is 19.1. The first-order valence-corrected chi connectivity index (χ1v) is 10.7.